The number of nitrogen functional groups attached to an aromatic ring is 1. The number of benzene rings is 2. The zero-order valence-electron chi connectivity index (χ0n) is 10.2. The first-order chi connectivity index (χ1) is 9.22. The Balaban J connectivity index is 1.95. The molecule has 0 aliphatic heterocycles. The topological polar surface area (TPSA) is 64.1 Å². The normalized spacial score (nSPS) is 10.5. The molecule has 4 nitrogen and oxygen atoms in total. The van der Waals surface area contributed by atoms with Crippen molar-refractivity contribution in [1.82, 2.24) is 9.55 Å². The van der Waals surface area contributed by atoms with Crippen LogP contribution in [0.25, 0.3) is 16.9 Å². The van der Waals surface area contributed by atoms with Crippen LogP contribution in [0, 0.1) is 0 Å². The number of anilines is 1. The molecule has 1 heterocycles. The quantitative estimate of drug-likeness (QED) is 0.688. The van der Waals surface area contributed by atoms with E-state index in [0.29, 0.717) is 0 Å². The Morgan fingerprint density at radius 2 is 1.63 bits per heavy atom. The van der Waals surface area contributed by atoms with Gasteiger partial charge in [-0.1, -0.05) is 12.1 Å². The molecule has 0 unspecified atom stereocenters. The molecule has 0 radical (unpaired) electrons. The number of imidazole rings is 1. The fourth-order valence-corrected chi connectivity index (χ4v) is 1.89. The maximum absolute atomic E-state index is 9.28. The molecule has 19 heavy (non-hydrogen) atoms. The third-order valence-corrected chi connectivity index (χ3v) is 2.94. The minimum absolute atomic E-state index is 0.252. The molecule has 4 heteroatoms. The van der Waals surface area contributed by atoms with Gasteiger partial charge in [0, 0.05) is 23.1 Å². The fraction of sp³-hybridized carbons (Fsp3) is 0. The standard InChI is InChI=1S/C15H13N3O/c16-12-3-1-11(2-4-12)15-9-18(10-17-15)13-5-7-14(19)8-6-13/h1-10,19H,16H2. The first-order valence-electron chi connectivity index (χ1n) is 5.92. The summed E-state index contributed by atoms with van der Waals surface area (Å²) in [5.41, 5.74) is 9.26. The lowest BCUT2D eigenvalue weighted by atomic mass is 10.1. The predicted octanol–water partition coefficient (Wildman–Crippen LogP) is 2.83. The highest BCUT2D eigenvalue weighted by molar-refractivity contribution is 5.61. The molecule has 0 atom stereocenters. The van der Waals surface area contributed by atoms with Gasteiger partial charge in [-0.15, -0.1) is 0 Å². The summed E-state index contributed by atoms with van der Waals surface area (Å²) in [6.07, 6.45) is 3.69. The number of rotatable bonds is 2. The first kappa shape index (κ1) is 11.3. The lowest BCUT2D eigenvalue weighted by Gasteiger charge is -2.01. The Morgan fingerprint density at radius 3 is 2.32 bits per heavy atom. The Hall–Kier alpha value is -2.75. The molecule has 0 aliphatic rings. The minimum Gasteiger partial charge on any atom is -0.508 e. The molecule has 1 aromatic heterocycles. The van der Waals surface area contributed by atoms with Crippen molar-refractivity contribution in [2.45, 2.75) is 0 Å². The molecule has 0 saturated carbocycles. The second-order valence-electron chi connectivity index (χ2n) is 4.30. The van der Waals surface area contributed by atoms with Crippen LogP contribution >= 0.6 is 0 Å². The number of hydrogen-bond donors (Lipinski definition) is 2. The van der Waals surface area contributed by atoms with E-state index < -0.39 is 0 Å². The third-order valence-electron chi connectivity index (χ3n) is 2.94. The SMILES string of the molecule is Nc1ccc(-c2cn(-c3ccc(O)cc3)cn2)cc1. The van der Waals surface area contributed by atoms with Crippen LogP contribution in [0.15, 0.2) is 61.1 Å². The first-order valence-corrected chi connectivity index (χ1v) is 5.92. The smallest absolute Gasteiger partial charge is 0.115 e. The van der Waals surface area contributed by atoms with Gasteiger partial charge in [-0.25, -0.2) is 4.98 Å². The van der Waals surface area contributed by atoms with Crippen LogP contribution in [-0.2, 0) is 0 Å². The highest BCUT2D eigenvalue weighted by Crippen LogP contribution is 2.21. The second-order valence-corrected chi connectivity index (χ2v) is 4.30. The molecule has 0 aliphatic carbocycles. The highest BCUT2D eigenvalue weighted by Gasteiger charge is 2.03. The molecule has 0 fully saturated rings. The van der Waals surface area contributed by atoms with Crippen molar-refractivity contribution in [2.75, 3.05) is 5.73 Å². The Morgan fingerprint density at radius 1 is 0.947 bits per heavy atom. The Labute approximate surface area is 110 Å². The highest BCUT2D eigenvalue weighted by atomic mass is 16.3. The molecule has 0 amide bonds. The van der Waals surface area contributed by atoms with Crippen LogP contribution in [0.1, 0.15) is 0 Å². The van der Waals surface area contributed by atoms with Crippen LogP contribution < -0.4 is 5.73 Å². The zero-order chi connectivity index (χ0) is 13.2. The number of nitrogens with two attached hydrogens (primary N) is 1. The van der Waals surface area contributed by atoms with E-state index in [1.807, 2.05) is 47.2 Å². The summed E-state index contributed by atoms with van der Waals surface area (Å²) in [6, 6.07) is 14.6. The van der Waals surface area contributed by atoms with Gasteiger partial charge in [0.05, 0.1) is 12.0 Å². The number of hydrogen-bond acceptors (Lipinski definition) is 3. The van der Waals surface area contributed by atoms with E-state index in [9.17, 15) is 5.11 Å². The number of nitrogens with zero attached hydrogens (tertiary/aromatic N) is 2. The van der Waals surface area contributed by atoms with E-state index in [0.717, 1.165) is 22.6 Å². The average Bonchev–Trinajstić information content (AvgIpc) is 2.90. The number of aromatic hydroxyl groups is 1. The molecule has 3 N–H and O–H groups in total. The van der Waals surface area contributed by atoms with Gasteiger partial charge in [0.25, 0.3) is 0 Å². The van der Waals surface area contributed by atoms with Gasteiger partial charge >= 0.3 is 0 Å². The largest absolute Gasteiger partial charge is 0.508 e. The van der Waals surface area contributed by atoms with Gasteiger partial charge in [0.15, 0.2) is 0 Å². The van der Waals surface area contributed by atoms with Crippen LogP contribution in [0.5, 0.6) is 5.75 Å². The lowest BCUT2D eigenvalue weighted by Crippen LogP contribution is -1.88. The monoisotopic (exact) mass is 251 g/mol. The molecular weight excluding hydrogens is 238 g/mol. The van der Waals surface area contributed by atoms with E-state index in [4.69, 9.17) is 5.73 Å². The van der Waals surface area contributed by atoms with E-state index in [2.05, 4.69) is 4.98 Å². The van der Waals surface area contributed by atoms with Gasteiger partial charge < -0.3 is 15.4 Å². The van der Waals surface area contributed by atoms with Gasteiger partial charge in [0.2, 0.25) is 0 Å². The van der Waals surface area contributed by atoms with Gasteiger partial charge in [-0.3, -0.25) is 0 Å². The van der Waals surface area contributed by atoms with Crippen molar-refractivity contribution in [3.05, 3.63) is 61.1 Å². The summed E-state index contributed by atoms with van der Waals surface area (Å²) in [5.74, 6) is 0.252. The molecule has 3 rings (SSSR count). The van der Waals surface area contributed by atoms with Gasteiger partial charge in [-0.05, 0) is 36.4 Å². The van der Waals surface area contributed by atoms with Gasteiger partial charge in [0.1, 0.15) is 5.75 Å². The van der Waals surface area contributed by atoms with E-state index >= 15 is 0 Å². The Kier molecular flexibility index (Phi) is 2.68. The van der Waals surface area contributed by atoms with E-state index in [1.54, 1.807) is 18.5 Å². The third kappa shape index (κ3) is 2.28. The van der Waals surface area contributed by atoms with Crippen LogP contribution in [0.2, 0.25) is 0 Å². The molecule has 0 bridgehead atoms. The lowest BCUT2D eigenvalue weighted by molar-refractivity contribution is 0.475. The summed E-state index contributed by atoms with van der Waals surface area (Å²) in [6.45, 7) is 0. The van der Waals surface area contributed by atoms with Crippen molar-refractivity contribution in [1.29, 1.82) is 0 Å². The summed E-state index contributed by atoms with van der Waals surface area (Å²) in [7, 11) is 0. The summed E-state index contributed by atoms with van der Waals surface area (Å²) >= 11 is 0. The van der Waals surface area contributed by atoms with Crippen molar-refractivity contribution in [3.8, 4) is 22.7 Å². The van der Waals surface area contributed by atoms with Crippen molar-refractivity contribution < 1.29 is 5.11 Å². The number of phenols is 1. The molecule has 2 aromatic carbocycles. The maximum atomic E-state index is 9.28. The molecule has 0 saturated heterocycles. The summed E-state index contributed by atoms with van der Waals surface area (Å²) < 4.78 is 1.91. The van der Waals surface area contributed by atoms with Crippen LogP contribution in [0.4, 0.5) is 5.69 Å². The van der Waals surface area contributed by atoms with Crippen LogP contribution in [0.3, 0.4) is 0 Å². The molecular formula is C15H13N3O. The second kappa shape index (κ2) is 4.49. The average molecular weight is 251 g/mol. The van der Waals surface area contributed by atoms with Crippen molar-refractivity contribution in [3.63, 3.8) is 0 Å². The summed E-state index contributed by atoms with van der Waals surface area (Å²) in [5, 5.41) is 9.28. The molecule has 3 aromatic rings. The zero-order valence-corrected chi connectivity index (χ0v) is 10.2. The molecule has 0 spiro atoms. The van der Waals surface area contributed by atoms with Crippen LogP contribution in [-0.4, -0.2) is 14.7 Å². The minimum atomic E-state index is 0.252. The number of aromatic nitrogens is 2. The maximum Gasteiger partial charge on any atom is 0.115 e. The summed E-state index contributed by atoms with van der Waals surface area (Å²) in [4.78, 5) is 4.37. The van der Waals surface area contributed by atoms with E-state index in [1.165, 1.54) is 0 Å². The van der Waals surface area contributed by atoms with Crippen molar-refractivity contribution in [2.24, 2.45) is 0 Å². The van der Waals surface area contributed by atoms with Gasteiger partial charge in [-0.2, -0.15) is 0 Å². The Bertz CT molecular complexity index is 624. The van der Waals surface area contributed by atoms with E-state index in [-0.39, 0.29) is 5.75 Å². The number of phenolic OH excluding ortho intramolecular Hbond substituents is 1. The van der Waals surface area contributed by atoms with Crippen molar-refractivity contribution >= 4 is 5.69 Å². The fourth-order valence-electron chi connectivity index (χ4n) is 1.89. The predicted molar refractivity (Wildman–Crippen MR) is 75.1 cm³/mol. The molecule has 94 valence electrons.